The number of aryl methyl sites for hydroxylation is 1. The second kappa shape index (κ2) is 9.42. The molecule has 1 aromatic heterocycles. The van der Waals surface area contributed by atoms with E-state index in [4.69, 9.17) is 14.2 Å². The zero-order chi connectivity index (χ0) is 21.6. The van der Waals surface area contributed by atoms with Gasteiger partial charge in [-0.25, -0.2) is 9.78 Å². The Morgan fingerprint density at radius 2 is 2.00 bits per heavy atom. The number of hydrogen-bond donors (Lipinski definition) is 2. The number of benzene rings is 2. The number of carbonyl (C=O) groups is 1. The van der Waals surface area contributed by atoms with Crippen LogP contribution in [0.2, 0.25) is 0 Å². The molecule has 0 radical (unpaired) electrons. The van der Waals surface area contributed by atoms with Crippen molar-refractivity contribution >= 4 is 6.03 Å². The van der Waals surface area contributed by atoms with Crippen LogP contribution >= 0.6 is 0 Å². The van der Waals surface area contributed by atoms with Crippen molar-refractivity contribution in [2.75, 3.05) is 26.9 Å². The molecule has 2 heterocycles. The normalized spacial score (nSPS) is 13.4. The van der Waals surface area contributed by atoms with E-state index in [1.54, 1.807) is 13.3 Å². The highest BCUT2D eigenvalue weighted by Gasteiger charge is 2.23. The summed E-state index contributed by atoms with van der Waals surface area (Å²) < 4.78 is 18.6. The Labute approximate surface area is 181 Å². The van der Waals surface area contributed by atoms with Gasteiger partial charge in [0.15, 0.2) is 11.5 Å². The molecule has 0 aliphatic carbocycles. The van der Waals surface area contributed by atoms with Gasteiger partial charge in [0.1, 0.15) is 30.8 Å². The summed E-state index contributed by atoms with van der Waals surface area (Å²) in [5, 5.41) is 5.96. The molecule has 3 aromatic rings. The predicted molar refractivity (Wildman–Crippen MR) is 116 cm³/mol. The summed E-state index contributed by atoms with van der Waals surface area (Å²) >= 11 is 0. The molecule has 1 aliphatic rings. The number of nitrogens with zero attached hydrogens (tertiary/aromatic N) is 2. The van der Waals surface area contributed by atoms with Crippen LogP contribution in [0.5, 0.6) is 17.2 Å². The predicted octanol–water partition coefficient (Wildman–Crippen LogP) is 2.83. The topological polar surface area (TPSA) is 86.6 Å². The summed E-state index contributed by atoms with van der Waals surface area (Å²) in [6.45, 7) is 1.59. The summed E-state index contributed by atoms with van der Waals surface area (Å²) in [5.74, 6) is 2.91. The van der Waals surface area contributed by atoms with E-state index in [1.165, 1.54) is 0 Å². The molecule has 0 unspecified atom stereocenters. The van der Waals surface area contributed by atoms with Crippen LogP contribution in [-0.4, -0.2) is 42.5 Å². The highest BCUT2D eigenvalue weighted by Crippen LogP contribution is 2.31. The number of rotatable bonds is 7. The van der Waals surface area contributed by atoms with Gasteiger partial charge in [0.05, 0.1) is 7.11 Å². The summed E-state index contributed by atoms with van der Waals surface area (Å²) in [7, 11) is 3.51. The number of amides is 2. The average Bonchev–Trinajstić information content (AvgIpc) is 3.23. The standard InChI is InChI=1S/C23H26N4O4/c1-27-12-11-24-22(27)21(17-5-3-4-6-18(17)29-2)26-23(28)25-10-9-16-7-8-19-20(15-16)31-14-13-30-19/h3-8,11-12,15,21H,9-10,13-14H2,1-2H3,(H2,25,26,28)/t21-/m1/s1. The Bertz CT molecular complexity index is 1050. The molecule has 162 valence electrons. The van der Waals surface area contributed by atoms with Gasteiger partial charge in [-0.1, -0.05) is 24.3 Å². The van der Waals surface area contributed by atoms with Crippen LogP contribution in [0.4, 0.5) is 4.79 Å². The van der Waals surface area contributed by atoms with E-state index in [9.17, 15) is 4.79 Å². The van der Waals surface area contributed by atoms with Crippen LogP contribution in [0.3, 0.4) is 0 Å². The van der Waals surface area contributed by atoms with E-state index in [0.29, 0.717) is 37.8 Å². The number of ether oxygens (including phenoxy) is 3. The van der Waals surface area contributed by atoms with Crippen LogP contribution < -0.4 is 24.8 Å². The molecule has 0 saturated heterocycles. The van der Waals surface area contributed by atoms with E-state index >= 15 is 0 Å². The van der Waals surface area contributed by atoms with E-state index in [-0.39, 0.29) is 6.03 Å². The maximum absolute atomic E-state index is 12.7. The number of aromatic nitrogens is 2. The maximum Gasteiger partial charge on any atom is 0.315 e. The Morgan fingerprint density at radius 3 is 2.77 bits per heavy atom. The smallest absolute Gasteiger partial charge is 0.315 e. The van der Waals surface area contributed by atoms with Crippen molar-refractivity contribution < 1.29 is 19.0 Å². The first-order valence-corrected chi connectivity index (χ1v) is 10.2. The molecule has 4 rings (SSSR count). The Kier molecular flexibility index (Phi) is 6.26. The van der Waals surface area contributed by atoms with Gasteiger partial charge in [0, 0.05) is 31.5 Å². The summed E-state index contributed by atoms with van der Waals surface area (Å²) in [6, 6.07) is 12.7. The van der Waals surface area contributed by atoms with Crippen LogP contribution in [0, 0.1) is 0 Å². The molecule has 2 amide bonds. The Balaban J connectivity index is 1.42. The number of urea groups is 1. The first-order chi connectivity index (χ1) is 15.2. The van der Waals surface area contributed by atoms with Gasteiger partial charge in [-0.2, -0.15) is 0 Å². The zero-order valence-electron chi connectivity index (χ0n) is 17.6. The highest BCUT2D eigenvalue weighted by atomic mass is 16.6. The summed E-state index contributed by atoms with van der Waals surface area (Å²) in [6.07, 6.45) is 4.23. The first kappa shape index (κ1) is 20.6. The number of nitrogens with one attached hydrogen (secondary N) is 2. The van der Waals surface area contributed by atoms with Crippen molar-refractivity contribution in [3.05, 3.63) is 71.8 Å². The minimum atomic E-state index is -0.453. The maximum atomic E-state index is 12.7. The monoisotopic (exact) mass is 422 g/mol. The van der Waals surface area contributed by atoms with Gasteiger partial charge < -0.3 is 29.4 Å². The lowest BCUT2D eigenvalue weighted by Gasteiger charge is -2.21. The highest BCUT2D eigenvalue weighted by molar-refractivity contribution is 5.75. The van der Waals surface area contributed by atoms with Crippen molar-refractivity contribution in [1.29, 1.82) is 0 Å². The minimum absolute atomic E-state index is 0.281. The minimum Gasteiger partial charge on any atom is -0.496 e. The molecule has 1 atom stereocenters. The molecule has 0 spiro atoms. The van der Waals surface area contributed by atoms with E-state index in [1.807, 2.05) is 60.3 Å². The third-order valence-electron chi connectivity index (χ3n) is 5.15. The quantitative estimate of drug-likeness (QED) is 0.612. The third kappa shape index (κ3) is 4.74. The third-order valence-corrected chi connectivity index (χ3v) is 5.15. The van der Waals surface area contributed by atoms with Gasteiger partial charge in [-0.15, -0.1) is 0 Å². The lowest BCUT2D eigenvalue weighted by atomic mass is 10.0. The van der Waals surface area contributed by atoms with E-state index in [0.717, 1.165) is 22.6 Å². The molecular formula is C23H26N4O4. The molecule has 0 saturated carbocycles. The Hall–Kier alpha value is -3.68. The molecule has 8 heteroatoms. The second-order valence-electron chi connectivity index (χ2n) is 7.20. The Morgan fingerprint density at radius 1 is 1.19 bits per heavy atom. The van der Waals surface area contributed by atoms with Crippen molar-refractivity contribution in [3.8, 4) is 17.2 Å². The number of fused-ring (bicyclic) bond motifs is 1. The van der Waals surface area contributed by atoms with Crippen molar-refractivity contribution in [2.24, 2.45) is 7.05 Å². The first-order valence-electron chi connectivity index (χ1n) is 10.2. The van der Waals surface area contributed by atoms with Crippen LogP contribution in [0.25, 0.3) is 0 Å². The molecule has 8 nitrogen and oxygen atoms in total. The fourth-order valence-electron chi connectivity index (χ4n) is 3.59. The van der Waals surface area contributed by atoms with Crippen LogP contribution in [0.15, 0.2) is 54.9 Å². The molecule has 2 aromatic carbocycles. The van der Waals surface area contributed by atoms with Crippen LogP contribution in [0.1, 0.15) is 23.0 Å². The van der Waals surface area contributed by atoms with Crippen molar-refractivity contribution in [2.45, 2.75) is 12.5 Å². The van der Waals surface area contributed by atoms with Crippen molar-refractivity contribution in [1.82, 2.24) is 20.2 Å². The number of carbonyl (C=O) groups excluding carboxylic acids is 1. The summed E-state index contributed by atoms with van der Waals surface area (Å²) in [5.41, 5.74) is 1.90. The molecule has 31 heavy (non-hydrogen) atoms. The zero-order valence-corrected chi connectivity index (χ0v) is 17.6. The van der Waals surface area contributed by atoms with Gasteiger partial charge in [-0.05, 0) is 30.2 Å². The molecule has 0 fully saturated rings. The SMILES string of the molecule is COc1ccccc1[C@@H](NC(=O)NCCc1ccc2c(c1)OCCO2)c1nccn1C. The van der Waals surface area contributed by atoms with Gasteiger partial charge in [0.25, 0.3) is 0 Å². The van der Waals surface area contributed by atoms with Crippen molar-refractivity contribution in [3.63, 3.8) is 0 Å². The van der Waals surface area contributed by atoms with Gasteiger partial charge in [0.2, 0.25) is 0 Å². The van der Waals surface area contributed by atoms with Crippen LogP contribution in [-0.2, 0) is 13.5 Å². The fourth-order valence-corrected chi connectivity index (χ4v) is 3.59. The van der Waals surface area contributed by atoms with E-state index in [2.05, 4.69) is 15.6 Å². The van der Waals surface area contributed by atoms with E-state index < -0.39 is 6.04 Å². The number of imidazole rings is 1. The average molecular weight is 422 g/mol. The molecular weight excluding hydrogens is 396 g/mol. The summed E-state index contributed by atoms with van der Waals surface area (Å²) in [4.78, 5) is 17.1. The van der Waals surface area contributed by atoms with Gasteiger partial charge >= 0.3 is 6.03 Å². The number of para-hydroxylation sites is 1. The molecule has 2 N–H and O–H groups in total. The fraction of sp³-hybridized carbons (Fsp3) is 0.304. The largest absolute Gasteiger partial charge is 0.496 e. The second-order valence-corrected chi connectivity index (χ2v) is 7.20. The molecule has 1 aliphatic heterocycles. The number of methoxy groups -OCH3 is 1. The number of hydrogen-bond acceptors (Lipinski definition) is 5. The lowest BCUT2D eigenvalue weighted by Crippen LogP contribution is -2.40. The lowest BCUT2D eigenvalue weighted by molar-refractivity contribution is 0.171. The van der Waals surface area contributed by atoms with Gasteiger partial charge in [-0.3, -0.25) is 0 Å². The molecule has 0 bridgehead atoms.